The summed E-state index contributed by atoms with van der Waals surface area (Å²) in [5, 5.41) is 0. The predicted octanol–water partition coefficient (Wildman–Crippen LogP) is 4.44. The van der Waals surface area contributed by atoms with E-state index in [0.29, 0.717) is 18.0 Å². The van der Waals surface area contributed by atoms with Crippen LogP contribution >= 0.6 is 0 Å². The predicted molar refractivity (Wildman–Crippen MR) is 86.6 cm³/mol. The largest absolute Gasteiger partial charge is 0.419 e. The number of imidazole rings is 1. The molecule has 3 nitrogen and oxygen atoms in total. The zero-order valence-corrected chi connectivity index (χ0v) is 14.1. The maximum Gasteiger partial charge on any atom is 0.419 e. The second-order valence-corrected chi connectivity index (χ2v) is 6.43. The van der Waals surface area contributed by atoms with Crippen LogP contribution in [0.15, 0.2) is 30.6 Å². The van der Waals surface area contributed by atoms with Gasteiger partial charge >= 0.3 is 6.18 Å². The average molecular weight is 355 g/mol. The van der Waals surface area contributed by atoms with Crippen molar-refractivity contribution in [2.45, 2.75) is 44.9 Å². The number of alkyl halides is 3. The molecule has 0 spiro atoms. The third-order valence-corrected chi connectivity index (χ3v) is 4.78. The number of piperidine rings is 1. The van der Waals surface area contributed by atoms with Crippen LogP contribution in [0.2, 0.25) is 0 Å². The Morgan fingerprint density at radius 1 is 1.20 bits per heavy atom. The molecule has 2 heterocycles. The van der Waals surface area contributed by atoms with E-state index in [1.165, 1.54) is 6.07 Å². The van der Waals surface area contributed by atoms with Gasteiger partial charge in [-0.25, -0.2) is 9.37 Å². The second-order valence-electron chi connectivity index (χ2n) is 6.43. The lowest BCUT2D eigenvalue weighted by Crippen LogP contribution is -2.33. The van der Waals surface area contributed by atoms with Gasteiger partial charge in [0.2, 0.25) is 0 Å². The second kappa shape index (κ2) is 7.15. The molecule has 0 aliphatic carbocycles. The smallest absolute Gasteiger partial charge is 0.335 e. The van der Waals surface area contributed by atoms with E-state index in [1.54, 1.807) is 0 Å². The van der Waals surface area contributed by atoms with E-state index in [9.17, 15) is 17.6 Å². The molecule has 1 aliphatic heterocycles. The molecule has 0 saturated carbocycles. The molecule has 0 unspecified atom stereocenters. The Balaban J connectivity index is 1.63. The van der Waals surface area contributed by atoms with E-state index in [4.69, 9.17) is 0 Å². The van der Waals surface area contributed by atoms with Crippen molar-refractivity contribution in [1.29, 1.82) is 0 Å². The molecule has 136 valence electrons. The van der Waals surface area contributed by atoms with Gasteiger partial charge in [-0.2, -0.15) is 13.2 Å². The summed E-state index contributed by atoms with van der Waals surface area (Å²) in [6.45, 7) is 4.94. The van der Waals surface area contributed by atoms with Crippen molar-refractivity contribution < 1.29 is 17.6 Å². The van der Waals surface area contributed by atoms with Gasteiger partial charge < -0.3 is 4.57 Å². The summed E-state index contributed by atoms with van der Waals surface area (Å²) in [5.74, 6) is 0.245. The quantitative estimate of drug-likeness (QED) is 0.756. The molecule has 0 radical (unpaired) electrons. The molecular weight excluding hydrogens is 334 g/mol. The molecular formula is C18H21F4N3. The lowest BCUT2D eigenvalue weighted by molar-refractivity contribution is -0.140. The lowest BCUT2D eigenvalue weighted by Gasteiger charge is -2.32. The highest BCUT2D eigenvalue weighted by atomic mass is 19.4. The van der Waals surface area contributed by atoms with Crippen LogP contribution in [0.3, 0.4) is 0 Å². The Morgan fingerprint density at radius 2 is 1.92 bits per heavy atom. The molecule has 1 fully saturated rings. The van der Waals surface area contributed by atoms with Gasteiger partial charge in [0.25, 0.3) is 0 Å². The minimum atomic E-state index is -4.66. The fourth-order valence-corrected chi connectivity index (χ4v) is 3.44. The van der Waals surface area contributed by atoms with Crippen molar-refractivity contribution in [3.63, 3.8) is 0 Å². The van der Waals surface area contributed by atoms with Crippen LogP contribution in [0.25, 0.3) is 0 Å². The van der Waals surface area contributed by atoms with Gasteiger partial charge in [0.1, 0.15) is 11.6 Å². The third kappa shape index (κ3) is 4.03. The number of aromatic nitrogens is 2. The molecule has 1 aromatic heterocycles. The molecule has 1 aromatic carbocycles. The number of hydrogen-bond donors (Lipinski definition) is 0. The van der Waals surface area contributed by atoms with Gasteiger partial charge in [0.05, 0.1) is 5.56 Å². The highest BCUT2D eigenvalue weighted by Gasteiger charge is 2.34. The SMILES string of the molecule is CCn1ccnc1C1CCN(Cc2ccc(F)c(C(F)(F)F)c2)CC1. The van der Waals surface area contributed by atoms with E-state index in [0.717, 1.165) is 50.4 Å². The molecule has 25 heavy (non-hydrogen) atoms. The Kier molecular flexibility index (Phi) is 5.13. The van der Waals surface area contributed by atoms with E-state index < -0.39 is 17.6 Å². The highest BCUT2D eigenvalue weighted by Crippen LogP contribution is 2.33. The number of rotatable bonds is 4. The zero-order chi connectivity index (χ0) is 18.0. The van der Waals surface area contributed by atoms with Crippen molar-refractivity contribution in [1.82, 2.24) is 14.5 Å². The first-order chi connectivity index (χ1) is 11.9. The maximum absolute atomic E-state index is 13.4. The Morgan fingerprint density at radius 3 is 2.56 bits per heavy atom. The fraction of sp³-hybridized carbons (Fsp3) is 0.500. The van der Waals surface area contributed by atoms with Crippen LogP contribution in [0.5, 0.6) is 0 Å². The Hall–Kier alpha value is -1.89. The van der Waals surface area contributed by atoms with Crippen molar-refractivity contribution >= 4 is 0 Å². The van der Waals surface area contributed by atoms with Crippen LogP contribution in [0.1, 0.15) is 42.6 Å². The van der Waals surface area contributed by atoms with Crippen molar-refractivity contribution in [2.24, 2.45) is 0 Å². The fourth-order valence-electron chi connectivity index (χ4n) is 3.44. The van der Waals surface area contributed by atoms with E-state index in [2.05, 4.69) is 21.4 Å². The molecule has 1 saturated heterocycles. The summed E-state index contributed by atoms with van der Waals surface area (Å²) in [6, 6.07) is 3.26. The topological polar surface area (TPSA) is 21.1 Å². The zero-order valence-electron chi connectivity index (χ0n) is 14.1. The normalized spacial score (nSPS) is 17.2. The van der Waals surface area contributed by atoms with Gasteiger partial charge in [0, 0.05) is 31.4 Å². The third-order valence-electron chi connectivity index (χ3n) is 4.78. The van der Waals surface area contributed by atoms with Crippen LogP contribution in [0, 0.1) is 5.82 Å². The first-order valence-electron chi connectivity index (χ1n) is 8.47. The van der Waals surface area contributed by atoms with Crippen molar-refractivity contribution in [3.8, 4) is 0 Å². The summed E-state index contributed by atoms with van der Waals surface area (Å²) in [4.78, 5) is 6.56. The molecule has 0 atom stereocenters. The van der Waals surface area contributed by atoms with Gasteiger partial charge in [-0.15, -0.1) is 0 Å². The molecule has 2 aromatic rings. The molecule has 0 amide bonds. The van der Waals surface area contributed by atoms with Gasteiger partial charge in [-0.05, 0) is 50.6 Å². The standard InChI is InChI=1S/C18H21F4N3/c1-2-25-10-7-23-17(25)14-5-8-24(9-6-14)12-13-3-4-16(19)15(11-13)18(20,21)22/h3-4,7,10-11,14H,2,5-6,8-9,12H2,1H3. The number of aryl methyl sites for hydroxylation is 1. The molecule has 7 heteroatoms. The number of benzene rings is 1. The Bertz CT molecular complexity index is 715. The molecule has 0 bridgehead atoms. The molecule has 3 rings (SSSR count). The number of likely N-dealkylation sites (tertiary alicyclic amines) is 1. The minimum Gasteiger partial charge on any atom is -0.335 e. The number of halogens is 4. The van der Waals surface area contributed by atoms with Crippen LogP contribution in [-0.2, 0) is 19.3 Å². The Labute approximate surface area is 144 Å². The maximum atomic E-state index is 13.4. The monoisotopic (exact) mass is 355 g/mol. The summed E-state index contributed by atoms with van der Waals surface area (Å²) in [5.41, 5.74) is -0.702. The molecule has 0 N–H and O–H groups in total. The number of nitrogens with zero attached hydrogens (tertiary/aromatic N) is 3. The average Bonchev–Trinajstić information content (AvgIpc) is 3.05. The van der Waals surface area contributed by atoms with Crippen LogP contribution < -0.4 is 0 Å². The van der Waals surface area contributed by atoms with Crippen molar-refractivity contribution in [3.05, 3.63) is 53.4 Å². The lowest BCUT2D eigenvalue weighted by atomic mass is 9.95. The first kappa shape index (κ1) is 17.9. The van der Waals surface area contributed by atoms with E-state index >= 15 is 0 Å². The first-order valence-corrected chi connectivity index (χ1v) is 8.47. The van der Waals surface area contributed by atoms with E-state index in [1.807, 2.05) is 12.4 Å². The summed E-state index contributed by atoms with van der Waals surface area (Å²) < 4.78 is 54.0. The van der Waals surface area contributed by atoms with E-state index in [-0.39, 0.29) is 0 Å². The van der Waals surface area contributed by atoms with Crippen LogP contribution in [-0.4, -0.2) is 27.5 Å². The van der Waals surface area contributed by atoms with Gasteiger partial charge in [-0.3, -0.25) is 4.90 Å². The summed E-state index contributed by atoms with van der Waals surface area (Å²) >= 11 is 0. The molecule has 1 aliphatic rings. The highest BCUT2D eigenvalue weighted by molar-refractivity contribution is 5.27. The van der Waals surface area contributed by atoms with Gasteiger partial charge in [0.15, 0.2) is 0 Å². The number of hydrogen-bond acceptors (Lipinski definition) is 2. The van der Waals surface area contributed by atoms with Crippen LogP contribution in [0.4, 0.5) is 17.6 Å². The summed E-state index contributed by atoms with van der Waals surface area (Å²) in [7, 11) is 0. The van der Waals surface area contributed by atoms with Crippen molar-refractivity contribution in [2.75, 3.05) is 13.1 Å². The summed E-state index contributed by atoms with van der Waals surface area (Å²) in [6.07, 6.45) is 0.959. The minimum absolute atomic E-state index is 0.380. The van der Waals surface area contributed by atoms with Gasteiger partial charge in [-0.1, -0.05) is 6.07 Å².